The number of benzene rings is 1. The van der Waals surface area contributed by atoms with Crippen LogP contribution in [0.5, 0.6) is 5.75 Å². The highest BCUT2D eigenvalue weighted by molar-refractivity contribution is 7.92. The van der Waals surface area contributed by atoms with Crippen molar-refractivity contribution in [1.29, 1.82) is 0 Å². The van der Waals surface area contributed by atoms with Crippen LogP contribution in [-0.2, 0) is 19.9 Å². The Morgan fingerprint density at radius 2 is 2.09 bits per heavy atom. The fraction of sp³-hybridized carbons (Fsp3) is 0.571. The fourth-order valence-electron chi connectivity index (χ4n) is 2.71. The van der Waals surface area contributed by atoms with Crippen molar-refractivity contribution >= 4 is 19.9 Å². The Morgan fingerprint density at radius 3 is 2.61 bits per heavy atom. The van der Waals surface area contributed by atoms with Crippen molar-refractivity contribution in [3.8, 4) is 5.75 Å². The number of rotatable bonds is 6. The number of aryl methyl sites for hydroxylation is 1. The van der Waals surface area contributed by atoms with Gasteiger partial charge in [0.25, 0.3) is 0 Å². The third-order valence-electron chi connectivity index (χ3n) is 3.84. The van der Waals surface area contributed by atoms with Crippen molar-refractivity contribution in [1.82, 2.24) is 4.31 Å². The summed E-state index contributed by atoms with van der Waals surface area (Å²) in [7, 11) is -5.85. The molecule has 0 amide bonds. The van der Waals surface area contributed by atoms with Crippen molar-refractivity contribution in [3.05, 3.63) is 23.8 Å². The number of sulfonamides is 1. The van der Waals surface area contributed by atoms with Gasteiger partial charge in [-0.1, -0.05) is 6.07 Å². The largest absolute Gasteiger partial charge is 0.495 e. The second-order valence-electron chi connectivity index (χ2n) is 5.55. The molecule has 1 saturated heterocycles. The van der Waals surface area contributed by atoms with Crippen molar-refractivity contribution in [2.45, 2.75) is 24.3 Å². The van der Waals surface area contributed by atoms with E-state index in [0.717, 1.165) is 9.87 Å². The lowest BCUT2D eigenvalue weighted by molar-refractivity contribution is 0.232. The van der Waals surface area contributed by atoms with E-state index in [0.29, 0.717) is 0 Å². The molecule has 0 radical (unpaired) electrons. The first-order valence-corrected chi connectivity index (χ1v) is 10.4. The molecule has 7 nitrogen and oxygen atoms in total. The van der Waals surface area contributed by atoms with Crippen LogP contribution >= 0.6 is 0 Å². The Balaban J connectivity index is 2.48. The minimum atomic E-state index is -3.98. The van der Waals surface area contributed by atoms with Gasteiger partial charge in [-0.2, -0.15) is 4.31 Å². The number of methoxy groups -OCH3 is 1. The van der Waals surface area contributed by atoms with Crippen molar-refractivity contribution in [3.63, 3.8) is 0 Å². The molecule has 23 heavy (non-hydrogen) atoms. The molecule has 130 valence electrons. The zero-order chi connectivity index (χ0) is 17.3. The summed E-state index contributed by atoms with van der Waals surface area (Å²) in [6.07, 6.45) is 0.232. The van der Waals surface area contributed by atoms with Crippen molar-refractivity contribution < 1.29 is 26.7 Å². The average molecular weight is 363 g/mol. The summed E-state index contributed by atoms with van der Waals surface area (Å²) in [6, 6.07) is 4.11. The van der Waals surface area contributed by atoms with E-state index in [1.165, 1.54) is 13.2 Å². The minimum Gasteiger partial charge on any atom is -0.495 e. The van der Waals surface area contributed by atoms with E-state index in [4.69, 9.17) is 4.74 Å². The van der Waals surface area contributed by atoms with E-state index in [9.17, 15) is 21.9 Å². The number of hydrogen-bond donors (Lipinski definition) is 1. The maximum atomic E-state index is 13.0. The monoisotopic (exact) mass is 363 g/mol. The molecule has 9 heteroatoms. The predicted molar refractivity (Wildman–Crippen MR) is 85.8 cm³/mol. The first kappa shape index (κ1) is 18.2. The summed E-state index contributed by atoms with van der Waals surface area (Å²) < 4.78 is 55.6. The second kappa shape index (κ2) is 6.76. The van der Waals surface area contributed by atoms with E-state index in [2.05, 4.69) is 0 Å². The van der Waals surface area contributed by atoms with E-state index in [1.54, 1.807) is 19.1 Å². The Kier molecular flexibility index (Phi) is 5.34. The van der Waals surface area contributed by atoms with Gasteiger partial charge in [0.05, 0.1) is 25.2 Å². The molecule has 0 aromatic heterocycles. The second-order valence-corrected chi connectivity index (χ2v) is 9.64. The predicted octanol–water partition coefficient (Wildman–Crippen LogP) is 0.174. The molecule has 2 rings (SSSR count). The number of ether oxygens (including phenoxy) is 1. The highest BCUT2D eigenvalue weighted by Crippen LogP contribution is 2.31. The van der Waals surface area contributed by atoms with E-state index in [1.807, 2.05) is 0 Å². The van der Waals surface area contributed by atoms with E-state index < -0.39 is 25.9 Å². The van der Waals surface area contributed by atoms with Gasteiger partial charge < -0.3 is 9.84 Å². The highest BCUT2D eigenvalue weighted by Gasteiger charge is 2.39. The molecule has 1 atom stereocenters. The van der Waals surface area contributed by atoms with E-state index >= 15 is 0 Å². The smallest absolute Gasteiger partial charge is 0.247 e. The van der Waals surface area contributed by atoms with Gasteiger partial charge in [-0.15, -0.1) is 0 Å². The summed E-state index contributed by atoms with van der Waals surface area (Å²) in [5.41, 5.74) is 0.743. The SMILES string of the molecule is COc1ccc(C)cc1S(=O)(=O)N(CCO)[C@@H]1CCS(=O)(=O)C1. The minimum absolute atomic E-state index is 0.0160. The van der Waals surface area contributed by atoms with Crippen LogP contribution in [0.25, 0.3) is 0 Å². The van der Waals surface area contributed by atoms with Gasteiger partial charge in [0, 0.05) is 12.6 Å². The van der Waals surface area contributed by atoms with Crippen LogP contribution in [0.4, 0.5) is 0 Å². The van der Waals surface area contributed by atoms with Gasteiger partial charge in [-0.3, -0.25) is 0 Å². The summed E-state index contributed by atoms with van der Waals surface area (Å²) in [4.78, 5) is -0.0160. The van der Waals surface area contributed by atoms with Crippen LogP contribution in [-0.4, -0.2) is 64.1 Å². The first-order chi connectivity index (χ1) is 10.7. The Morgan fingerprint density at radius 1 is 1.39 bits per heavy atom. The van der Waals surface area contributed by atoms with Gasteiger partial charge >= 0.3 is 0 Å². The van der Waals surface area contributed by atoms with Crippen LogP contribution < -0.4 is 4.74 Å². The molecule has 1 fully saturated rings. The standard InChI is InChI=1S/C14H21NO6S2/c1-11-3-4-13(21-2)14(9-11)23(19,20)15(6-7-16)12-5-8-22(17,18)10-12/h3-4,9,12,16H,5-8,10H2,1-2H3/t12-/m1/s1. The Hall–Kier alpha value is -1.16. The molecule has 0 aliphatic carbocycles. The number of aliphatic hydroxyl groups excluding tert-OH is 1. The molecule has 1 aliphatic heterocycles. The molecule has 0 saturated carbocycles. The topological polar surface area (TPSA) is 101 Å². The Labute approximate surface area is 136 Å². The molecule has 1 aliphatic rings. The normalized spacial score (nSPS) is 20.8. The quantitative estimate of drug-likeness (QED) is 0.773. The van der Waals surface area contributed by atoms with Gasteiger partial charge in [0.15, 0.2) is 9.84 Å². The third-order valence-corrected chi connectivity index (χ3v) is 7.57. The Bertz CT molecular complexity index is 772. The summed E-state index contributed by atoms with van der Waals surface area (Å²) >= 11 is 0. The van der Waals surface area contributed by atoms with Crippen LogP contribution in [0.3, 0.4) is 0 Å². The van der Waals surface area contributed by atoms with Gasteiger partial charge in [0.1, 0.15) is 10.6 Å². The lowest BCUT2D eigenvalue weighted by Gasteiger charge is -2.27. The summed E-state index contributed by atoms with van der Waals surface area (Å²) in [6.45, 7) is 1.22. The van der Waals surface area contributed by atoms with Crippen molar-refractivity contribution in [2.24, 2.45) is 0 Å². The lowest BCUT2D eigenvalue weighted by atomic mass is 10.2. The zero-order valence-corrected chi connectivity index (χ0v) is 14.7. The van der Waals surface area contributed by atoms with Gasteiger partial charge in [0.2, 0.25) is 10.0 Å². The number of hydrogen-bond acceptors (Lipinski definition) is 6. The highest BCUT2D eigenvalue weighted by atomic mass is 32.2. The maximum Gasteiger partial charge on any atom is 0.247 e. The molecule has 1 N–H and O–H groups in total. The number of sulfone groups is 1. The summed E-state index contributed by atoms with van der Waals surface area (Å²) in [5, 5.41) is 9.23. The molecule has 0 unspecified atom stereocenters. The van der Waals surface area contributed by atoms with Gasteiger partial charge in [-0.25, -0.2) is 16.8 Å². The average Bonchev–Trinajstić information content (AvgIpc) is 2.84. The molecule has 0 spiro atoms. The van der Waals surface area contributed by atoms with E-state index in [-0.39, 0.29) is 41.7 Å². The molecule has 1 aromatic carbocycles. The van der Waals surface area contributed by atoms with Crippen molar-refractivity contribution in [2.75, 3.05) is 31.8 Å². The van der Waals surface area contributed by atoms with Crippen LogP contribution in [0.15, 0.2) is 23.1 Å². The fourth-order valence-corrected chi connectivity index (χ4v) is 6.42. The molecular weight excluding hydrogens is 342 g/mol. The maximum absolute atomic E-state index is 13.0. The summed E-state index contributed by atoms with van der Waals surface area (Å²) in [5.74, 6) is -0.0696. The molecule has 1 heterocycles. The van der Waals surface area contributed by atoms with Crippen LogP contribution in [0.2, 0.25) is 0 Å². The molecule has 0 bridgehead atoms. The molecular formula is C14H21NO6S2. The molecule has 1 aromatic rings. The number of aliphatic hydroxyl groups is 1. The zero-order valence-electron chi connectivity index (χ0n) is 13.1. The lowest BCUT2D eigenvalue weighted by Crippen LogP contribution is -2.42. The third kappa shape index (κ3) is 3.85. The van der Waals surface area contributed by atoms with Crippen LogP contribution in [0, 0.1) is 6.92 Å². The number of nitrogens with zero attached hydrogens (tertiary/aromatic N) is 1. The van der Waals surface area contributed by atoms with Gasteiger partial charge in [-0.05, 0) is 31.0 Å². The first-order valence-electron chi connectivity index (χ1n) is 7.19. The van der Waals surface area contributed by atoms with Crippen LogP contribution in [0.1, 0.15) is 12.0 Å².